The van der Waals surface area contributed by atoms with Crippen LogP contribution < -0.4 is 0 Å². The van der Waals surface area contributed by atoms with Crippen molar-refractivity contribution in [1.82, 2.24) is 0 Å². The zero-order valence-electron chi connectivity index (χ0n) is 14.3. The molecule has 0 radical (unpaired) electrons. The Kier molecular flexibility index (Phi) is 5.98. The molecule has 0 amide bonds. The molecule has 3 aromatic carbocycles. The molecule has 29 heavy (non-hydrogen) atoms. The van der Waals surface area contributed by atoms with E-state index < -0.39 is 14.9 Å². The van der Waals surface area contributed by atoms with Crippen LogP contribution in [0.25, 0.3) is 0 Å². The molecule has 0 spiro atoms. The Morgan fingerprint density at radius 1 is 0.759 bits per heavy atom. The summed E-state index contributed by atoms with van der Waals surface area (Å²) in [7, 11) is -5.04. The first-order chi connectivity index (χ1) is 13.5. The van der Waals surface area contributed by atoms with E-state index in [-0.39, 0.29) is 48.3 Å². The number of aromatic hydroxyl groups is 2. The molecule has 0 aliphatic heterocycles. The lowest BCUT2D eigenvalue weighted by Crippen LogP contribution is -2.38. The average Bonchev–Trinajstić information content (AvgIpc) is 2.60. The Hall–Kier alpha value is -1.67. The maximum Gasteiger partial charge on any atom is 0.283 e. The zero-order chi connectivity index (χ0) is 21.6. The monoisotopic (exact) mass is 492 g/mol. The SMILES string of the molecule is O=S(=O)(O)C(c1cccc(Cl)c1)(c1cc(O)cc(Cl)c1)c1ccc(O)c(Cl)c1Cl. The van der Waals surface area contributed by atoms with Gasteiger partial charge in [-0.05, 0) is 47.5 Å². The van der Waals surface area contributed by atoms with Crippen molar-refractivity contribution in [2.75, 3.05) is 0 Å². The van der Waals surface area contributed by atoms with Crippen molar-refractivity contribution in [2.24, 2.45) is 0 Å². The molecule has 0 saturated heterocycles. The number of phenols is 2. The highest BCUT2D eigenvalue weighted by atomic mass is 35.5. The first kappa shape index (κ1) is 22.0. The molecule has 1 atom stereocenters. The number of hydrogen-bond donors (Lipinski definition) is 3. The van der Waals surface area contributed by atoms with Crippen LogP contribution in [0.4, 0.5) is 0 Å². The summed E-state index contributed by atoms with van der Waals surface area (Å²) in [4.78, 5) is 0. The first-order valence-electron chi connectivity index (χ1n) is 7.89. The topological polar surface area (TPSA) is 94.8 Å². The molecule has 0 heterocycles. The van der Waals surface area contributed by atoms with Gasteiger partial charge in [0.15, 0.2) is 4.75 Å². The molecule has 0 aromatic heterocycles. The Bertz CT molecular complexity index is 1190. The largest absolute Gasteiger partial charge is 0.508 e. The summed E-state index contributed by atoms with van der Waals surface area (Å²) in [6, 6.07) is 11.7. The molecule has 3 N–H and O–H groups in total. The molecule has 10 heteroatoms. The van der Waals surface area contributed by atoms with Gasteiger partial charge in [-0.2, -0.15) is 8.42 Å². The molecule has 0 fully saturated rings. The third-order valence-electron chi connectivity index (χ3n) is 4.35. The molecule has 1 unspecified atom stereocenters. The summed E-state index contributed by atoms with van der Waals surface area (Å²) in [5, 5.41) is 19.5. The second kappa shape index (κ2) is 7.87. The molecule has 0 aliphatic carbocycles. The molecule has 0 aliphatic rings. The summed E-state index contributed by atoms with van der Waals surface area (Å²) < 4.78 is 34.0. The number of rotatable bonds is 4. The highest BCUT2D eigenvalue weighted by Crippen LogP contribution is 2.50. The minimum Gasteiger partial charge on any atom is -0.508 e. The number of benzene rings is 3. The van der Waals surface area contributed by atoms with Crippen LogP contribution in [0, 0.1) is 0 Å². The van der Waals surface area contributed by atoms with Crippen LogP contribution in [-0.4, -0.2) is 23.2 Å². The normalized spacial score (nSPS) is 13.8. The van der Waals surface area contributed by atoms with Crippen molar-refractivity contribution in [3.05, 3.63) is 91.4 Å². The highest BCUT2D eigenvalue weighted by Gasteiger charge is 2.50. The van der Waals surface area contributed by atoms with Gasteiger partial charge in [-0.3, -0.25) is 4.55 Å². The molecule has 3 aromatic rings. The van der Waals surface area contributed by atoms with E-state index in [0.29, 0.717) is 0 Å². The zero-order valence-corrected chi connectivity index (χ0v) is 18.1. The highest BCUT2D eigenvalue weighted by molar-refractivity contribution is 7.87. The lowest BCUT2D eigenvalue weighted by molar-refractivity contribution is 0.455. The van der Waals surface area contributed by atoms with Gasteiger partial charge in [-0.25, -0.2) is 0 Å². The smallest absolute Gasteiger partial charge is 0.283 e. The molecule has 0 bridgehead atoms. The van der Waals surface area contributed by atoms with E-state index in [0.717, 1.165) is 12.1 Å². The van der Waals surface area contributed by atoms with Crippen LogP contribution >= 0.6 is 46.4 Å². The van der Waals surface area contributed by atoms with Crippen molar-refractivity contribution in [1.29, 1.82) is 0 Å². The molecule has 3 rings (SSSR count). The van der Waals surface area contributed by atoms with Crippen LogP contribution in [-0.2, 0) is 14.9 Å². The number of halogens is 4. The van der Waals surface area contributed by atoms with Crippen molar-refractivity contribution in [3.8, 4) is 11.5 Å². The Balaban J connectivity index is 2.61. The van der Waals surface area contributed by atoms with E-state index in [2.05, 4.69) is 0 Å². The number of phenolic OH excluding ortho intramolecular Hbond substituents is 2. The fourth-order valence-corrected chi connectivity index (χ4v) is 5.44. The van der Waals surface area contributed by atoms with Crippen molar-refractivity contribution in [2.45, 2.75) is 4.75 Å². The second-order valence-corrected chi connectivity index (χ2v) is 9.32. The van der Waals surface area contributed by atoms with Gasteiger partial charge in [-0.15, -0.1) is 0 Å². The van der Waals surface area contributed by atoms with Gasteiger partial charge in [0.05, 0.1) is 5.02 Å². The third-order valence-corrected chi connectivity index (χ3v) is 7.14. The molecule has 0 saturated carbocycles. The molecule has 5 nitrogen and oxygen atoms in total. The quantitative estimate of drug-likeness (QED) is 0.311. The van der Waals surface area contributed by atoms with Gasteiger partial charge in [0.2, 0.25) is 0 Å². The van der Waals surface area contributed by atoms with Crippen LogP contribution in [0.15, 0.2) is 54.6 Å². The van der Waals surface area contributed by atoms with E-state index >= 15 is 0 Å². The summed E-state index contributed by atoms with van der Waals surface area (Å²) in [6.07, 6.45) is 0. The van der Waals surface area contributed by atoms with Crippen LogP contribution in [0.3, 0.4) is 0 Å². The van der Waals surface area contributed by atoms with Gasteiger partial charge in [-0.1, -0.05) is 64.6 Å². The Labute approximate surface area is 186 Å². The first-order valence-corrected chi connectivity index (χ1v) is 10.8. The van der Waals surface area contributed by atoms with Gasteiger partial charge in [0, 0.05) is 15.6 Å². The summed E-state index contributed by atoms with van der Waals surface area (Å²) in [6.45, 7) is 0. The Morgan fingerprint density at radius 2 is 1.41 bits per heavy atom. The van der Waals surface area contributed by atoms with Crippen molar-refractivity contribution >= 4 is 56.5 Å². The maximum atomic E-state index is 13.0. The van der Waals surface area contributed by atoms with Gasteiger partial charge < -0.3 is 10.2 Å². The van der Waals surface area contributed by atoms with E-state index in [1.165, 1.54) is 42.5 Å². The third kappa shape index (κ3) is 3.77. The predicted molar refractivity (Wildman–Crippen MR) is 114 cm³/mol. The van der Waals surface area contributed by atoms with Gasteiger partial charge in [0.1, 0.15) is 16.5 Å². The number of hydrogen-bond acceptors (Lipinski definition) is 4. The van der Waals surface area contributed by atoms with E-state index in [9.17, 15) is 23.2 Å². The summed E-state index contributed by atoms with van der Waals surface area (Å²) in [5.41, 5.74) is -0.276. The fraction of sp³-hybridized carbons (Fsp3) is 0.0526. The molecule has 152 valence electrons. The fourth-order valence-electron chi connectivity index (χ4n) is 3.21. The molecular formula is C19H12Cl4O5S. The van der Waals surface area contributed by atoms with E-state index in [1.807, 2.05) is 0 Å². The lowest BCUT2D eigenvalue weighted by Gasteiger charge is -2.33. The van der Waals surface area contributed by atoms with Crippen LogP contribution in [0.1, 0.15) is 16.7 Å². The average molecular weight is 494 g/mol. The predicted octanol–water partition coefficient (Wildman–Crippen LogP) is 5.89. The lowest BCUT2D eigenvalue weighted by atomic mass is 9.83. The van der Waals surface area contributed by atoms with Crippen molar-refractivity contribution in [3.63, 3.8) is 0 Å². The minimum absolute atomic E-state index is 0.0102. The summed E-state index contributed by atoms with van der Waals surface area (Å²) in [5.74, 6) is -0.728. The van der Waals surface area contributed by atoms with E-state index in [4.69, 9.17) is 46.4 Å². The van der Waals surface area contributed by atoms with Crippen molar-refractivity contribution < 1.29 is 23.2 Å². The maximum absolute atomic E-state index is 13.0. The molecular weight excluding hydrogens is 482 g/mol. The van der Waals surface area contributed by atoms with E-state index in [1.54, 1.807) is 0 Å². The minimum atomic E-state index is -5.04. The second-order valence-electron chi connectivity index (χ2n) is 6.12. The van der Waals surface area contributed by atoms with Crippen LogP contribution in [0.2, 0.25) is 20.1 Å². The van der Waals surface area contributed by atoms with Crippen LogP contribution in [0.5, 0.6) is 11.5 Å². The van der Waals surface area contributed by atoms with Gasteiger partial charge >= 0.3 is 0 Å². The summed E-state index contributed by atoms with van der Waals surface area (Å²) >= 11 is 24.5. The Morgan fingerprint density at radius 3 is 2.00 bits per heavy atom. The standard InChI is InChI=1S/C19H12Cl4O5S/c20-12-3-1-2-10(6-12)19(29(26,27)28,11-7-13(21)9-14(24)8-11)15-4-5-16(25)18(23)17(15)22/h1-9,24-25H,(H,26,27,28). The van der Waals surface area contributed by atoms with Gasteiger partial charge in [0.25, 0.3) is 10.1 Å².